The molecule has 2 rings (SSSR count). The van der Waals surface area contributed by atoms with Crippen molar-refractivity contribution in [1.29, 1.82) is 0 Å². The van der Waals surface area contributed by atoms with E-state index in [1.54, 1.807) is 0 Å². The Morgan fingerprint density at radius 3 is 3.00 bits per heavy atom. The minimum atomic E-state index is -0.516. The van der Waals surface area contributed by atoms with Crippen LogP contribution in [0.3, 0.4) is 0 Å². The summed E-state index contributed by atoms with van der Waals surface area (Å²) in [7, 11) is 0. The second-order valence-corrected chi connectivity index (χ2v) is 5.57. The van der Waals surface area contributed by atoms with Crippen molar-refractivity contribution in [3.63, 3.8) is 0 Å². The third-order valence-corrected chi connectivity index (χ3v) is 3.90. The average molecular weight is 343 g/mol. The van der Waals surface area contributed by atoms with Gasteiger partial charge in [-0.15, -0.1) is 0 Å². The van der Waals surface area contributed by atoms with Gasteiger partial charge in [-0.25, -0.2) is 0 Å². The van der Waals surface area contributed by atoms with E-state index in [0.717, 1.165) is 19.4 Å². The molecule has 20 heavy (non-hydrogen) atoms. The van der Waals surface area contributed by atoms with Crippen LogP contribution in [-0.2, 0) is 4.74 Å². The first-order chi connectivity index (χ1) is 9.58. The lowest BCUT2D eigenvalue weighted by Gasteiger charge is -2.22. The van der Waals surface area contributed by atoms with E-state index in [2.05, 4.69) is 21.2 Å². The smallest absolute Gasteiger partial charge is 0.270 e. The first-order valence-electron chi connectivity index (χ1n) is 6.38. The number of nitro benzene ring substituents is 1. The molecule has 1 fully saturated rings. The fraction of sp³-hybridized carbons (Fsp3) is 0.462. The van der Waals surface area contributed by atoms with Crippen molar-refractivity contribution < 1.29 is 14.5 Å². The number of nitro groups is 1. The molecule has 0 aliphatic carbocycles. The fourth-order valence-electron chi connectivity index (χ4n) is 2.10. The van der Waals surface area contributed by atoms with Gasteiger partial charge in [0.25, 0.3) is 11.6 Å². The molecule has 0 aromatic heterocycles. The van der Waals surface area contributed by atoms with Gasteiger partial charge >= 0.3 is 0 Å². The molecule has 0 saturated carbocycles. The van der Waals surface area contributed by atoms with Gasteiger partial charge in [0.2, 0.25) is 0 Å². The van der Waals surface area contributed by atoms with Crippen molar-refractivity contribution in [2.75, 3.05) is 19.8 Å². The Labute approximate surface area is 124 Å². The SMILES string of the molecule is O=C(NCC1CCCOC1)c1cc([N+](=O)[O-])ccc1Br. The zero-order valence-electron chi connectivity index (χ0n) is 10.8. The topological polar surface area (TPSA) is 81.5 Å². The molecule has 1 unspecified atom stereocenters. The van der Waals surface area contributed by atoms with Gasteiger partial charge in [0, 0.05) is 29.8 Å². The number of halogens is 1. The van der Waals surface area contributed by atoms with Crippen molar-refractivity contribution in [3.8, 4) is 0 Å². The van der Waals surface area contributed by atoms with Crippen molar-refractivity contribution in [2.45, 2.75) is 12.8 Å². The maximum absolute atomic E-state index is 12.1. The fourth-order valence-corrected chi connectivity index (χ4v) is 2.53. The van der Waals surface area contributed by atoms with E-state index in [-0.39, 0.29) is 17.2 Å². The molecular weight excluding hydrogens is 328 g/mol. The Hall–Kier alpha value is -1.47. The molecule has 6 nitrogen and oxygen atoms in total. The molecule has 7 heteroatoms. The standard InChI is InChI=1S/C13H15BrN2O4/c14-12-4-3-10(16(18)19)6-11(12)13(17)15-7-9-2-1-5-20-8-9/h3-4,6,9H,1-2,5,7-8H2,(H,15,17). The Balaban J connectivity index is 2.00. The van der Waals surface area contributed by atoms with Crippen LogP contribution in [0.15, 0.2) is 22.7 Å². The third-order valence-electron chi connectivity index (χ3n) is 3.21. The van der Waals surface area contributed by atoms with Crippen LogP contribution in [0.5, 0.6) is 0 Å². The summed E-state index contributed by atoms with van der Waals surface area (Å²) in [5.41, 5.74) is 0.176. The summed E-state index contributed by atoms with van der Waals surface area (Å²) >= 11 is 3.24. The van der Waals surface area contributed by atoms with E-state index in [1.165, 1.54) is 18.2 Å². The van der Waals surface area contributed by atoms with Crippen LogP contribution < -0.4 is 5.32 Å². The van der Waals surface area contributed by atoms with E-state index in [4.69, 9.17) is 4.74 Å². The molecule has 1 heterocycles. The molecule has 1 atom stereocenters. The highest BCUT2D eigenvalue weighted by atomic mass is 79.9. The van der Waals surface area contributed by atoms with Crippen LogP contribution in [0, 0.1) is 16.0 Å². The Morgan fingerprint density at radius 2 is 2.35 bits per heavy atom. The second kappa shape index (κ2) is 6.81. The van der Waals surface area contributed by atoms with Gasteiger partial charge in [-0.1, -0.05) is 0 Å². The first kappa shape index (κ1) is 14.9. The summed E-state index contributed by atoms with van der Waals surface area (Å²) in [5.74, 6) is -0.00341. The predicted octanol–water partition coefficient (Wildman–Crippen LogP) is 2.51. The molecule has 1 aliphatic rings. The molecule has 1 amide bonds. The number of rotatable bonds is 4. The summed E-state index contributed by atoms with van der Waals surface area (Å²) in [5, 5.41) is 13.5. The number of carbonyl (C=O) groups is 1. The van der Waals surface area contributed by atoms with Crippen LogP contribution >= 0.6 is 15.9 Å². The van der Waals surface area contributed by atoms with Crippen molar-refractivity contribution in [2.24, 2.45) is 5.92 Å². The second-order valence-electron chi connectivity index (χ2n) is 4.71. The van der Waals surface area contributed by atoms with Crippen molar-refractivity contribution in [1.82, 2.24) is 5.32 Å². The molecule has 0 bridgehead atoms. The van der Waals surface area contributed by atoms with Gasteiger partial charge in [0.1, 0.15) is 0 Å². The number of hydrogen-bond donors (Lipinski definition) is 1. The molecule has 108 valence electrons. The molecular formula is C13H15BrN2O4. The lowest BCUT2D eigenvalue weighted by molar-refractivity contribution is -0.384. The van der Waals surface area contributed by atoms with Crippen LogP contribution in [0.1, 0.15) is 23.2 Å². The number of nitrogens with zero attached hydrogens (tertiary/aromatic N) is 1. The van der Waals surface area contributed by atoms with E-state index < -0.39 is 4.92 Å². The molecule has 1 aromatic carbocycles. The molecule has 0 radical (unpaired) electrons. The Morgan fingerprint density at radius 1 is 1.55 bits per heavy atom. The van der Waals surface area contributed by atoms with Crippen LogP contribution in [-0.4, -0.2) is 30.6 Å². The van der Waals surface area contributed by atoms with Crippen molar-refractivity contribution >= 4 is 27.5 Å². The molecule has 1 aliphatic heterocycles. The number of nitrogens with one attached hydrogen (secondary N) is 1. The highest BCUT2D eigenvalue weighted by molar-refractivity contribution is 9.10. The van der Waals surface area contributed by atoms with Crippen LogP contribution in [0.2, 0.25) is 0 Å². The molecule has 1 saturated heterocycles. The predicted molar refractivity (Wildman–Crippen MR) is 76.7 cm³/mol. The minimum Gasteiger partial charge on any atom is -0.381 e. The van der Waals surface area contributed by atoms with Crippen LogP contribution in [0.25, 0.3) is 0 Å². The van der Waals surface area contributed by atoms with E-state index in [1.807, 2.05) is 0 Å². The number of non-ortho nitro benzene ring substituents is 1. The summed E-state index contributed by atoms with van der Waals surface area (Å²) in [6.07, 6.45) is 2.03. The normalized spacial score (nSPS) is 18.6. The van der Waals surface area contributed by atoms with E-state index in [9.17, 15) is 14.9 Å². The summed E-state index contributed by atoms with van der Waals surface area (Å²) < 4.78 is 5.89. The van der Waals surface area contributed by atoms with Gasteiger partial charge in [-0.05, 0) is 40.8 Å². The zero-order chi connectivity index (χ0) is 14.5. The van der Waals surface area contributed by atoms with E-state index in [0.29, 0.717) is 23.5 Å². The van der Waals surface area contributed by atoms with Gasteiger partial charge in [0.05, 0.1) is 17.1 Å². The summed E-state index contributed by atoms with van der Waals surface area (Å²) in [6.45, 7) is 1.95. The third kappa shape index (κ3) is 3.77. The lowest BCUT2D eigenvalue weighted by atomic mass is 10.0. The summed E-state index contributed by atoms with van der Waals surface area (Å²) in [4.78, 5) is 22.3. The number of amides is 1. The number of carbonyl (C=O) groups excluding carboxylic acids is 1. The number of benzene rings is 1. The summed E-state index contributed by atoms with van der Waals surface area (Å²) in [6, 6.07) is 4.14. The van der Waals surface area contributed by atoms with Crippen LogP contribution in [0.4, 0.5) is 5.69 Å². The molecule has 1 N–H and O–H groups in total. The largest absolute Gasteiger partial charge is 0.381 e. The van der Waals surface area contributed by atoms with Crippen molar-refractivity contribution in [3.05, 3.63) is 38.3 Å². The monoisotopic (exact) mass is 342 g/mol. The maximum atomic E-state index is 12.1. The van der Waals surface area contributed by atoms with E-state index >= 15 is 0 Å². The molecule has 0 spiro atoms. The first-order valence-corrected chi connectivity index (χ1v) is 7.17. The lowest BCUT2D eigenvalue weighted by Crippen LogP contribution is -2.33. The van der Waals surface area contributed by atoms with Gasteiger partial charge in [-0.2, -0.15) is 0 Å². The highest BCUT2D eigenvalue weighted by Gasteiger charge is 2.18. The van der Waals surface area contributed by atoms with Gasteiger partial charge < -0.3 is 10.1 Å². The highest BCUT2D eigenvalue weighted by Crippen LogP contribution is 2.22. The zero-order valence-corrected chi connectivity index (χ0v) is 12.4. The van der Waals surface area contributed by atoms with Gasteiger partial charge in [0.15, 0.2) is 0 Å². The molecule has 1 aromatic rings. The number of hydrogen-bond acceptors (Lipinski definition) is 4. The Kier molecular flexibility index (Phi) is 5.08. The maximum Gasteiger partial charge on any atom is 0.270 e. The minimum absolute atomic E-state index is 0.0978. The quantitative estimate of drug-likeness (QED) is 0.673. The Bertz CT molecular complexity index is 515. The average Bonchev–Trinajstić information content (AvgIpc) is 2.46. The number of ether oxygens (including phenoxy) is 1. The van der Waals surface area contributed by atoms with Gasteiger partial charge in [-0.3, -0.25) is 14.9 Å².